The number of aliphatic hydroxyl groups is 3. The smallest absolute Gasteiger partial charge is 0.199 e. The van der Waals surface area contributed by atoms with Crippen LogP contribution in [0.15, 0.2) is 23.4 Å². The molecule has 1 unspecified atom stereocenters. The molecule has 3 rings (SSSR count). The topological polar surface area (TPSA) is 144 Å². The highest BCUT2D eigenvalue weighted by Crippen LogP contribution is 2.39. The number of terminal acetylenes is 1. The van der Waals surface area contributed by atoms with Gasteiger partial charge in [0.25, 0.3) is 0 Å². The monoisotopic (exact) mass is 318 g/mol. The predicted molar refractivity (Wildman–Crippen MR) is 79.0 cm³/mol. The van der Waals surface area contributed by atoms with Crippen LogP contribution in [0.4, 0.5) is 5.82 Å². The molecule has 5 N–H and O–H groups in total. The van der Waals surface area contributed by atoms with E-state index in [2.05, 4.69) is 15.9 Å². The van der Waals surface area contributed by atoms with E-state index in [0.29, 0.717) is 0 Å². The molecule has 9 heteroatoms. The van der Waals surface area contributed by atoms with Gasteiger partial charge in [-0.15, -0.1) is 6.42 Å². The molecular weight excluding hydrogens is 304 g/mol. The maximum Gasteiger partial charge on any atom is 0.199 e. The molecular formula is C14H14N4O5. The molecule has 0 aromatic carbocycles. The Morgan fingerprint density at radius 2 is 2.26 bits per heavy atom. The molecule has 0 aliphatic carbocycles. The van der Waals surface area contributed by atoms with Gasteiger partial charge in [-0.2, -0.15) is 0 Å². The van der Waals surface area contributed by atoms with Crippen molar-refractivity contribution in [3.63, 3.8) is 0 Å². The molecule has 1 aliphatic heterocycles. The summed E-state index contributed by atoms with van der Waals surface area (Å²) in [4.78, 5) is 19.7. The van der Waals surface area contributed by atoms with Gasteiger partial charge in [0.2, 0.25) is 0 Å². The van der Waals surface area contributed by atoms with E-state index in [1.54, 1.807) is 0 Å². The van der Waals surface area contributed by atoms with Crippen molar-refractivity contribution in [3.05, 3.63) is 28.8 Å². The quantitative estimate of drug-likeness (QED) is 0.465. The van der Waals surface area contributed by atoms with Gasteiger partial charge in [0.1, 0.15) is 29.7 Å². The van der Waals surface area contributed by atoms with Crippen molar-refractivity contribution >= 4 is 16.9 Å². The number of ether oxygens (including phenoxy) is 1. The van der Waals surface area contributed by atoms with Crippen LogP contribution in [0.2, 0.25) is 0 Å². The van der Waals surface area contributed by atoms with Crippen LogP contribution in [-0.4, -0.2) is 54.3 Å². The van der Waals surface area contributed by atoms with Crippen LogP contribution in [0.1, 0.15) is 6.23 Å². The first-order valence-corrected chi connectivity index (χ1v) is 6.70. The van der Waals surface area contributed by atoms with E-state index in [4.69, 9.17) is 16.9 Å². The van der Waals surface area contributed by atoms with Crippen molar-refractivity contribution in [2.45, 2.75) is 24.0 Å². The Hall–Kier alpha value is -2.51. The number of aromatic nitrogens is 3. The minimum Gasteiger partial charge on any atom is -0.394 e. The van der Waals surface area contributed by atoms with E-state index in [-0.39, 0.29) is 16.9 Å². The summed E-state index contributed by atoms with van der Waals surface area (Å²) in [5, 5.41) is 30.0. The highest BCUT2D eigenvalue weighted by Gasteiger charge is 2.55. The molecule has 0 bridgehead atoms. The molecule has 120 valence electrons. The third-order valence-corrected chi connectivity index (χ3v) is 3.88. The Kier molecular flexibility index (Phi) is 3.54. The number of anilines is 1. The third kappa shape index (κ3) is 2.08. The SMILES string of the molecule is C#C[C@]1(O)C(n2ccc(=O)c3c(N)ncnc32)O[C@H](CO)[C@H]1O. The molecule has 0 saturated carbocycles. The van der Waals surface area contributed by atoms with Crippen LogP contribution >= 0.6 is 0 Å². The second-order valence-corrected chi connectivity index (χ2v) is 5.17. The number of fused-ring (bicyclic) bond motifs is 1. The van der Waals surface area contributed by atoms with Crippen LogP contribution in [0, 0.1) is 12.3 Å². The molecule has 4 atom stereocenters. The van der Waals surface area contributed by atoms with Gasteiger partial charge in [0.05, 0.1) is 6.61 Å². The Balaban J connectivity index is 2.25. The van der Waals surface area contributed by atoms with Crippen LogP contribution in [0.25, 0.3) is 11.0 Å². The summed E-state index contributed by atoms with van der Waals surface area (Å²) in [5.41, 5.74) is 3.28. The van der Waals surface area contributed by atoms with E-state index >= 15 is 0 Å². The maximum absolute atomic E-state index is 12.0. The van der Waals surface area contributed by atoms with Gasteiger partial charge in [0, 0.05) is 12.3 Å². The number of aliphatic hydroxyl groups excluding tert-OH is 2. The van der Waals surface area contributed by atoms with E-state index in [9.17, 15) is 20.1 Å². The second kappa shape index (κ2) is 5.29. The van der Waals surface area contributed by atoms with Crippen molar-refractivity contribution in [1.82, 2.24) is 14.5 Å². The van der Waals surface area contributed by atoms with E-state index < -0.39 is 36.1 Å². The zero-order valence-corrected chi connectivity index (χ0v) is 11.8. The van der Waals surface area contributed by atoms with Crippen LogP contribution < -0.4 is 11.2 Å². The molecule has 0 amide bonds. The lowest BCUT2D eigenvalue weighted by atomic mass is 9.95. The predicted octanol–water partition coefficient (Wildman–Crippen LogP) is -2.01. The fourth-order valence-corrected chi connectivity index (χ4v) is 2.66. The Bertz CT molecular complexity index is 860. The number of rotatable bonds is 2. The lowest BCUT2D eigenvalue weighted by molar-refractivity contribution is -0.0721. The fraction of sp³-hybridized carbons (Fsp3) is 0.357. The minimum absolute atomic E-state index is 0.0316. The van der Waals surface area contributed by atoms with Crippen molar-refractivity contribution < 1.29 is 20.1 Å². The molecule has 1 fully saturated rings. The zero-order valence-electron chi connectivity index (χ0n) is 11.8. The molecule has 0 spiro atoms. The van der Waals surface area contributed by atoms with Gasteiger partial charge in [-0.3, -0.25) is 4.79 Å². The second-order valence-electron chi connectivity index (χ2n) is 5.17. The Morgan fingerprint density at radius 3 is 2.91 bits per heavy atom. The van der Waals surface area contributed by atoms with Gasteiger partial charge in [0.15, 0.2) is 22.9 Å². The van der Waals surface area contributed by atoms with Gasteiger partial charge in [-0.1, -0.05) is 5.92 Å². The molecule has 1 aliphatic rings. The van der Waals surface area contributed by atoms with Crippen LogP contribution in [-0.2, 0) is 4.74 Å². The first-order chi connectivity index (χ1) is 10.9. The molecule has 3 heterocycles. The third-order valence-electron chi connectivity index (χ3n) is 3.88. The first kappa shape index (κ1) is 15.4. The molecule has 9 nitrogen and oxygen atoms in total. The Morgan fingerprint density at radius 1 is 1.52 bits per heavy atom. The molecule has 2 aromatic heterocycles. The number of hydrogen-bond acceptors (Lipinski definition) is 8. The Labute approximate surface area is 130 Å². The van der Waals surface area contributed by atoms with Gasteiger partial charge >= 0.3 is 0 Å². The van der Waals surface area contributed by atoms with Gasteiger partial charge in [-0.05, 0) is 0 Å². The minimum atomic E-state index is -2.12. The van der Waals surface area contributed by atoms with Crippen molar-refractivity contribution in [2.75, 3.05) is 12.3 Å². The fourth-order valence-electron chi connectivity index (χ4n) is 2.66. The summed E-state index contributed by atoms with van der Waals surface area (Å²) in [6.45, 7) is -0.545. The summed E-state index contributed by atoms with van der Waals surface area (Å²) >= 11 is 0. The average molecular weight is 318 g/mol. The van der Waals surface area contributed by atoms with Gasteiger partial charge in [-0.25, -0.2) is 9.97 Å². The lowest BCUT2D eigenvalue weighted by Gasteiger charge is -2.27. The van der Waals surface area contributed by atoms with E-state index in [0.717, 1.165) is 6.33 Å². The molecule has 1 saturated heterocycles. The summed E-state index contributed by atoms with van der Waals surface area (Å²) in [7, 11) is 0. The standard InChI is InChI=1S/C14H14N4O5/c1-2-14(22)10(21)8(5-19)23-13(14)18-4-3-7(20)9-11(15)16-6-17-12(9)18/h1,3-4,6,8,10,13,19,21-22H,5H2,(H2,15,16,17)/t8-,10-,13?,14-/m1/s1. The number of nitrogens with two attached hydrogens (primary N) is 1. The number of nitrogen functional groups attached to an aromatic ring is 1. The summed E-state index contributed by atoms with van der Waals surface area (Å²) < 4.78 is 6.76. The van der Waals surface area contributed by atoms with Crippen molar-refractivity contribution in [2.24, 2.45) is 0 Å². The van der Waals surface area contributed by atoms with Crippen molar-refractivity contribution in [3.8, 4) is 12.3 Å². The number of pyridine rings is 1. The van der Waals surface area contributed by atoms with Crippen LogP contribution in [0.5, 0.6) is 0 Å². The van der Waals surface area contributed by atoms with Crippen LogP contribution in [0.3, 0.4) is 0 Å². The summed E-state index contributed by atoms with van der Waals surface area (Å²) in [5.74, 6) is 2.06. The maximum atomic E-state index is 12.0. The highest BCUT2D eigenvalue weighted by atomic mass is 16.6. The largest absolute Gasteiger partial charge is 0.394 e. The van der Waals surface area contributed by atoms with E-state index in [1.165, 1.54) is 16.8 Å². The first-order valence-electron chi connectivity index (χ1n) is 6.70. The van der Waals surface area contributed by atoms with Gasteiger partial charge < -0.3 is 30.4 Å². The molecule has 0 radical (unpaired) electrons. The lowest BCUT2D eigenvalue weighted by Crippen LogP contribution is -2.46. The number of nitrogens with zero attached hydrogens (tertiary/aromatic N) is 3. The highest BCUT2D eigenvalue weighted by molar-refractivity contribution is 5.84. The van der Waals surface area contributed by atoms with Crippen molar-refractivity contribution in [1.29, 1.82) is 0 Å². The summed E-state index contributed by atoms with van der Waals surface area (Å²) in [6, 6.07) is 1.20. The number of hydrogen-bond donors (Lipinski definition) is 4. The average Bonchev–Trinajstić information content (AvgIpc) is 2.80. The molecule has 2 aromatic rings. The normalized spacial score (nSPS) is 30.4. The summed E-state index contributed by atoms with van der Waals surface area (Å²) in [6.07, 6.45) is 3.95. The molecule has 23 heavy (non-hydrogen) atoms. The van der Waals surface area contributed by atoms with E-state index in [1.807, 2.05) is 0 Å². The zero-order chi connectivity index (χ0) is 16.8.